The zero-order valence-corrected chi connectivity index (χ0v) is 16.9. The molecular weight excluding hydrogens is 338 g/mol. The third kappa shape index (κ3) is 3.92. The van der Waals surface area contributed by atoms with Crippen molar-refractivity contribution >= 4 is 17.4 Å². The van der Waals surface area contributed by atoms with Crippen molar-refractivity contribution in [3.8, 4) is 0 Å². The van der Waals surface area contributed by atoms with Gasteiger partial charge < -0.3 is 24.9 Å². The van der Waals surface area contributed by atoms with Crippen LogP contribution < -0.4 is 10.2 Å². The molecule has 0 radical (unpaired) electrons. The predicted octanol–water partition coefficient (Wildman–Crippen LogP) is 2.66. The molecule has 3 aliphatic rings. The lowest BCUT2D eigenvalue weighted by Crippen LogP contribution is -2.51. The normalized spacial score (nSPS) is 22.9. The maximum Gasteiger partial charge on any atom is 0.322 e. The van der Waals surface area contributed by atoms with E-state index in [0.29, 0.717) is 12.1 Å². The van der Waals surface area contributed by atoms with E-state index in [-0.39, 0.29) is 6.03 Å². The average Bonchev–Trinajstić information content (AvgIpc) is 2.68. The summed E-state index contributed by atoms with van der Waals surface area (Å²) in [5.41, 5.74) is 3.51. The second-order valence-corrected chi connectivity index (χ2v) is 8.55. The second kappa shape index (κ2) is 7.68. The number of rotatable bonds is 3. The summed E-state index contributed by atoms with van der Waals surface area (Å²) in [5, 5.41) is 3.13. The first-order valence-corrected chi connectivity index (χ1v) is 10.4. The first kappa shape index (κ1) is 18.6. The van der Waals surface area contributed by atoms with Gasteiger partial charge in [-0.2, -0.15) is 0 Å². The zero-order chi connectivity index (χ0) is 19.0. The molecule has 0 bridgehead atoms. The highest BCUT2D eigenvalue weighted by molar-refractivity contribution is 5.93. The molecule has 0 spiro atoms. The Hall–Kier alpha value is -1.79. The molecule has 0 saturated carbocycles. The van der Waals surface area contributed by atoms with Gasteiger partial charge in [-0.1, -0.05) is 0 Å². The summed E-state index contributed by atoms with van der Waals surface area (Å²) < 4.78 is 0. The summed E-state index contributed by atoms with van der Waals surface area (Å²) >= 11 is 0. The number of amides is 2. The summed E-state index contributed by atoms with van der Waals surface area (Å²) in [4.78, 5) is 22.1. The van der Waals surface area contributed by atoms with Gasteiger partial charge in [0.15, 0.2) is 0 Å². The van der Waals surface area contributed by atoms with Crippen LogP contribution >= 0.6 is 0 Å². The van der Waals surface area contributed by atoms with Crippen LogP contribution in [-0.4, -0.2) is 79.1 Å². The predicted molar refractivity (Wildman–Crippen MR) is 110 cm³/mol. The van der Waals surface area contributed by atoms with Gasteiger partial charge in [0.25, 0.3) is 0 Å². The topological polar surface area (TPSA) is 42.1 Å². The first-order chi connectivity index (χ1) is 13.0. The van der Waals surface area contributed by atoms with Gasteiger partial charge in [0.1, 0.15) is 0 Å². The molecule has 1 aromatic carbocycles. The molecule has 2 amide bonds. The monoisotopic (exact) mass is 371 g/mol. The molecule has 2 fully saturated rings. The van der Waals surface area contributed by atoms with Crippen LogP contribution in [0.3, 0.4) is 0 Å². The molecule has 1 N–H and O–H groups in total. The maximum absolute atomic E-state index is 12.7. The van der Waals surface area contributed by atoms with Crippen LogP contribution in [0.2, 0.25) is 0 Å². The van der Waals surface area contributed by atoms with Crippen molar-refractivity contribution in [2.45, 2.75) is 45.3 Å². The van der Waals surface area contributed by atoms with Crippen molar-refractivity contribution in [1.29, 1.82) is 0 Å². The fraction of sp³-hybridized carbons (Fsp3) is 0.667. The number of nitrogens with one attached hydrogen (secondary N) is 1. The van der Waals surface area contributed by atoms with Gasteiger partial charge in [-0.3, -0.25) is 0 Å². The van der Waals surface area contributed by atoms with Crippen LogP contribution in [0.4, 0.5) is 16.2 Å². The zero-order valence-electron chi connectivity index (χ0n) is 16.9. The minimum atomic E-state index is 0.0674. The van der Waals surface area contributed by atoms with Crippen LogP contribution in [0, 0.1) is 0 Å². The molecule has 0 aromatic heterocycles. The van der Waals surface area contributed by atoms with Crippen LogP contribution in [0.5, 0.6) is 0 Å². The number of carbonyl (C=O) groups is 1. The molecule has 3 aliphatic heterocycles. The number of hydrogen-bond donors (Lipinski definition) is 1. The number of anilines is 2. The first-order valence-electron chi connectivity index (χ1n) is 10.4. The van der Waals surface area contributed by atoms with Gasteiger partial charge in [-0.25, -0.2) is 4.79 Å². The molecular formula is C21H33N5O. The van der Waals surface area contributed by atoms with Gasteiger partial charge in [0.2, 0.25) is 0 Å². The number of nitrogens with zero attached hydrogens (tertiary/aromatic N) is 4. The molecule has 0 aliphatic carbocycles. The third-order valence-electron chi connectivity index (χ3n) is 6.47. The van der Waals surface area contributed by atoms with Crippen LogP contribution in [0.1, 0.15) is 32.3 Å². The molecule has 6 nitrogen and oxygen atoms in total. The van der Waals surface area contributed by atoms with Gasteiger partial charge >= 0.3 is 6.03 Å². The summed E-state index contributed by atoms with van der Waals surface area (Å²) in [5.74, 6) is 0. The fourth-order valence-electron chi connectivity index (χ4n) is 4.55. The van der Waals surface area contributed by atoms with Crippen molar-refractivity contribution in [2.75, 3.05) is 56.5 Å². The smallest absolute Gasteiger partial charge is 0.322 e. The third-order valence-corrected chi connectivity index (χ3v) is 6.47. The number of piperidine rings is 1. The van der Waals surface area contributed by atoms with E-state index in [1.807, 2.05) is 0 Å². The molecule has 4 rings (SSSR count). The van der Waals surface area contributed by atoms with Crippen LogP contribution in [-0.2, 0) is 6.54 Å². The Bertz CT molecular complexity index is 675. The summed E-state index contributed by atoms with van der Waals surface area (Å²) in [6.07, 6.45) is 2.14. The van der Waals surface area contributed by atoms with E-state index in [1.165, 1.54) is 11.3 Å². The summed E-state index contributed by atoms with van der Waals surface area (Å²) in [7, 11) is 2.18. The molecule has 148 valence electrons. The molecule has 27 heavy (non-hydrogen) atoms. The lowest BCUT2D eigenvalue weighted by molar-refractivity contribution is 0.105. The molecule has 0 unspecified atom stereocenters. The van der Waals surface area contributed by atoms with E-state index < -0.39 is 0 Å². The number of likely N-dealkylation sites (tertiary alicyclic amines) is 1. The van der Waals surface area contributed by atoms with E-state index in [2.05, 4.69) is 64.0 Å². The number of piperazine rings is 1. The van der Waals surface area contributed by atoms with Crippen molar-refractivity contribution in [1.82, 2.24) is 14.7 Å². The fourth-order valence-corrected chi connectivity index (χ4v) is 4.55. The lowest BCUT2D eigenvalue weighted by Gasteiger charge is -2.42. The number of benzene rings is 1. The van der Waals surface area contributed by atoms with Gasteiger partial charge in [0, 0.05) is 69.3 Å². The Kier molecular flexibility index (Phi) is 5.28. The van der Waals surface area contributed by atoms with Gasteiger partial charge in [-0.05, 0) is 57.5 Å². The van der Waals surface area contributed by atoms with E-state index in [0.717, 1.165) is 64.3 Å². The Balaban J connectivity index is 1.46. The quantitative estimate of drug-likeness (QED) is 0.887. The number of likely N-dealkylation sites (N-methyl/N-ethyl adjacent to an activating group) is 1. The van der Waals surface area contributed by atoms with Crippen molar-refractivity contribution in [2.24, 2.45) is 0 Å². The summed E-state index contributed by atoms with van der Waals surface area (Å²) in [6, 6.07) is 7.53. The Morgan fingerprint density at radius 3 is 2.41 bits per heavy atom. The molecule has 1 aromatic rings. The largest absolute Gasteiger partial charge is 0.369 e. The number of carbonyl (C=O) groups excluding carboxylic acids is 1. The van der Waals surface area contributed by atoms with Gasteiger partial charge in [0.05, 0.1) is 0 Å². The van der Waals surface area contributed by atoms with E-state index in [4.69, 9.17) is 0 Å². The maximum atomic E-state index is 12.7. The highest BCUT2D eigenvalue weighted by Crippen LogP contribution is 2.31. The number of urea groups is 1. The van der Waals surface area contributed by atoms with Gasteiger partial charge in [-0.15, -0.1) is 0 Å². The average molecular weight is 372 g/mol. The highest BCUT2D eigenvalue weighted by Gasteiger charge is 2.32. The van der Waals surface area contributed by atoms with E-state index in [9.17, 15) is 4.79 Å². The minimum Gasteiger partial charge on any atom is -0.369 e. The number of fused-ring (bicyclic) bond motifs is 1. The van der Waals surface area contributed by atoms with Crippen molar-refractivity contribution in [3.05, 3.63) is 23.8 Å². The van der Waals surface area contributed by atoms with Crippen LogP contribution in [0.25, 0.3) is 0 Å². The summed E-state index contributed by atoms with van der Waals surface area (Å²) in [6.45, 7) is 11.8. The number of hydrogen-bond acceptors (Lipinski definition) is 4. The minimum absolute atomic E-state index is 0.0674. The lowest BCUT2D eigenvalue weighted by atomic mass is 9.99. The van der Waals surface area contributed by atoms with E-state index >= 15 is 0 Å². The Labute approximate surface area is 163 Å². The highest BCUT2D eigenvalue weighted by atomic mass is 16.2. The standard InChI is InChI=1S/C21H33N5O/c1-16(2)24-8-6-18(7-9-24)26-15-17-14-19(4-5-20(17)22-21(26)27)25-12-10-23(3)11-13-25/h4-5,14,16,18H,6-13,15H2,1-3H3,(H,22,27). The van der Waals surface area contributed by atoms with Crippen molar-refractivity contribution < 1.29 is 4.79 Å². The van der Waals surface area contributed by atoms with Crippen LogP contribution in [0.15, 0.2) is 18.2 Å². The second-order valence-electron chi connectivity index (χ2n) is 8.55. The molecule has 3 heterocycles. The molecule has 6 heteroatoms. The molecule has 0 atom stereocenters. The molecule has 2 saturated heterocycles. The Morgan fingerprint density at radius 2 is 1.74 bits per heavy atom. The Morgan fingerprint density at radius 1 is 1.04 bits per heavy atom. The SMILES string of the molecule is CC(C)N1CCC(N2Cc3cc(N4CCN(C)CC4)ccc3NC2=O)CC1. The van der Waals surface area contributed by atoms with Crippen molar-refractivity contribution in [3.63, 3.8) is 0 Å². The van der Waals surface area contributed by atoms with E-state index in [1.54, 1.807) is 0 Å².